The third kappa shape index (κ3) is 4.23. The molecule has 1 aromatic carbocycles. The maximum absolute atomic E-state index is 13.0. The zero-order chi connectivity index (χ0) is 20.6. The van der Waals surface area contributed by atoms with Crippen LogP contribution in [0.2, 0.25) is 0 Å². The van der Waals surface area contributed by atoms with Crippen molar-refractivity contribution in [3.8, 4) is 0 Å². The van der Waals surface area contributed by atoms with E-state index >= 15 is 0 Å². The molecule has 1 fully saturated rings. The Morgan fingerprint density at radius 3 is 3.00 bits per heavy atom. The van der Waals surface area contributed by atoms with Crippen molar-refractivity contribution in [3.63, 3.8) is 0 Å². The fourth-order valence-electron chi connectivity index (χ4n) is 3.69. The van der Waals surface area contributed by atoms with Crippen LogP contribution in [-0.4, -0.2) is 53.3 Å². The molecule has 0 unspecified atom stereocenters. The summed E-state index contributed by atoms with van der Waals surface area (Å²) in [6, 6.07) is 4.82. The van der Waals surface area contributed by atoms with E-state index in [-0.39, 0.29) is 17.3 Å². The molecule has 3 heterocycles. The van der Waals surface area contributed by atoms with Crippen LogP contribution in [0.4, 0.5) is 5.69 Å². The summed E-state index contributed by atoms with van der Waals surface area (Å²) in [5, 5.41) is 14.2. The maximum Gasteiger partial charge on any atom is 0.246 e. The lowest BCUT2D eigenvalue weighted by atomic mass is 10.2. The average molecular weight is 483 g/mol. The fraction of sp³-hybridized carbons (Fsp3) is 0.500. The fourth-order valence-corrected chi connectivity index (χ4v) is 6.21. The Kier molecular flexibility index (Phi) is 5.74. The molecule has 11 heteroatoms. The first kappa shape index (κ1) is 20.5. The zero-order valence-electron chi connectivity index (χ0n) is 16.1. The van der Waals surface area contributed by atoms with Crippen LogP contribution in [0.25, 0.3) is 0 Å². The van der Waals surface area contributed by atoms with Crippen molar-refractivity contribution in [1.29, 1.82) is 0 Å². The van der Waals surface area contributed by atoms with Gasteiger partial charge in [-0.15, -0.1) is 5.10 Å². The summed E-state index contributed by atoms with van der Waals surface area (Å²) < 4.78 is 29.6. The number of rotatable bonds is 5. The van der Waals surface area contributed by atoms with E-state index in [1.165, 1.54) is 10.4 Å². The number of hydrogen-bond donors (Lipinski definition) is 2. The van der Waals surface area contributed by atoms with Gasteiger partial charge in [0.05, 0.1) is 16.3 Å². The summed E-state index contributed by atoms with van der Waals surface area (Å²) in [7, 11) is -3.62. The van der Waals surface area contributed by atoms with E-state index in [4.69, 9.17) is 0 Å². The number of nitrogens with one attached hydrogen (secondary N) is 2. The van der Waals surface area contributed by atoms with Gasteiger partial charge in [-0.05, 0) is 46.5 Å². The first-order valence-corrected chi connectivity index (χ1v) is 11.8. The molecule has 4 rings (SSSR count). The number of aromatic nitrogens is 3. The van der Waals surface area contributed by atoms with Gasteiger partial charge < -0.3 is 10.6 Å². The molecule has 2 N–H and O–H groups in total. The van der Waals surface area contributed by atoms with Gasteiger partial charge in [-0.1, -0.05) is 12.1 Å². The molecule has 2 aromatic rings. The molecule has 2 aliphatic rings. The number of amides is 1. The van der Waals surface area contributed by atoms with Crippen LogP contribution in [-0.2, 0) is 34.3 Å². The van der Waals surface area contributed by atoms with Crippen molar-refractivity contribution in [3.05, 3.63) is 34.1 Å². The van der Waals surface area contributed by atoms with E-state index in [9.17, 15) is 13.2 Å². The monoisotopic (exact) mass is 482 g/mol. The standard InChI is InChI=1S/C18H23BrN6O3S/c1-12-5-7-24(10-12)29(27,28)17-8-13(2-3-14(17)19)21-18(26)11-25-16-4-6-20-9-15(16)22-23-25/h2-3,8,12,20H,4-7,9-11H2,1H3,(H,21,26)/t12-/m0/s1. The lowest BCUT2D eigenvalue weighted by molar-refractivity contribution is -0.117. The Bertz CT molecular complexity index is 1040. The van der Waals surface area contributed by atoms with E-state index in [1.807, 2.05) is 6.92 Å². The summed E-state index contributed by atoms with van der Waals surface area (Å²) in [5.41, 5.74) is 2.25. The summed E-state index contributed by atoms with van der Waals surface area (Å²) in [6.07, 6.45) is 1.62. The molecule has 0 radical (unpaired) electrons. The zero-order valence-corrected chi connectivity index (χ0v) is 18.5. The number of halogens is 1. The molecule has 0 bridgehead atoms. The number of hydrogen-bond acceptors (Lipinski definition) is 6. The molecule has 0 spiro atoms. The largest absolute Gasteiger partial charge is 0.324 e. The summed E-state index contributed by atoms with van der Waals surface area (Å²) >= 11 is 3.34. The predicted molar refractivity (Wildman–Crippen MR) is 111 cm³/mol. The van der Waals surface area contributed by atoms with Gasteiger partial charge in [0, 0.05) is 42.8 Å². The molecule has 1 saturated heterocycles. The Morgan fingerprint density at radius 1 is 1.41 bits per heavy atom. The van der Waals surface area contributed by atoms with Crippen LogP contribution in [0.3, 0.4) is 0 Å². The minimum atomic E-state index is -3.62. The third-order valence-electron chi connectivity index (χ3n) is 5.26. The Hall–Kier alpha value is -1.82. The van der Waals surface area contributed by atoms with E-state index in [0.29, 0.717) is 35.7 Å². The molecular weight excluding hydrogens is 460 g/mol. The van der Waals surface area contributed by atoms with Crippen molar-refractivity contribution in [2.24, 2.45) is 5.92 Å². The number of fused-ring (bicyclic) bond motifs is 1. The van der Waals surface area contributed by atoms with Crippen molar-refractivity contribution < 1.29 is 13.2 Å². The molecule has 0 aliphatic carbocycles. The molecule has 29 heavy (non-hydrogen) atoms. The first-order chi connectivity index (χ1) is 13.8. The lowest BCUT2D eigenvalue weighted by Gasteiger charge is -2.18. The van der Waals surface area contributed by atoms with Crippen LogP contribution >= 0.6 is 15.9 Å². The third-order valence-corrected chi connectivity index (χ3v) is 8.12. The van der Waals surface area contributed by atoms with E-state index in [0.717, 1.165) is 30.8 Å². The summed E-state index contributed by atoms with van der Waals surface area (Å²) in [4.78, 5) is 12.7. The first-order valence-electron chi connectivity index (χ1n) is 9.56. The number of benzene rings is 1. The number of sulfonamides is 1. The van der Waals surface area contributed by atoms with Crippen LogP contribution < -0.4 is 10.6 Å². The summed E-state index contributed by atoms with van der Waals surface area (Å²) in [6.45, 7) is 4.58. The van der Waals surface area contributed by atoms with Gasteiger partial charge >= 0.3 is 0 Å². The molecule has 0 saturated carbocycles. The highest BCUT2D eigenvalue weighted by molar-refractivity contribution is 9.10. The Morgan fingerprint density at radius 2 is 2.24 bits per heavy atom. The normalized spacial score (nSPS) is 19.9. The quantitative estimate of drug-likeness (QED) is 0.665. The van der Waals surface area contributed by atoms with E-state index in [1.54, 1.807) is 16.8 Å². The minimum Gasteiger partial charge on any atom is -0.324 e. The van der Waals surface area contributed by atoms with Crippen molar-refractivity contribution in [2.45, 2.75) is 37.8 Å². The molecule has 156 valence electrons. The second-order valence-corrected chi connectivity index (χ2v) is 10.3. The lowest BCUT2D eigenvalue weighted by Crippen LogP contribution is -2.29. The molecule has 2 aliphatic heterocycles. The molecule has 9 nitrogen and oxygen atoms in total. The van der Waals surface area contributed by atoms with E-state index in [2.05, 4.69) is 36.9 Å². The van der Waals surface area contributed by atoms with Crippen LogP contribution in [0.15, 0.2) is 27.6 Å². The number of anilines is 1. The second kappa shape index (κ2) is 8.13. The van der Waals surface area contributed by atoms with Gasteiger partial charge in [0.25, 0.3) is 0 Å². The van der Waals surface area contributed by atoms with Crippen LogP contribution in [0, 0.1) is 5.92 Å². The van der Waals surface area contributed by atoms with Crippen LogP contribution in [0.5, 0.6) is 0 Å². The highest BCUT2D eigenvalue weighted by Crippen LogP contribution is 2.31. The highest BCUT2D eigenvalue weighted by atomic mass is 79.9. The number of nitrogens with zero attached hydrogens (tertiary/aromatic N) is 4. The maximum atomic E-state index is 13.0. The minimum absolute atomic E-state index is 0.0319. The Balaban J connectivity index is 1.50. The SMILES string of the molecule is C[C@H]1CCN(S(=O)(=O)c2cc(NC(=O)Cn3nnc4c3CCNC4)ccc2Br)C1. The van der Waals surface area contributed by atoms with Gasteiger partial charge in [0.2, 0.25) is 15.9 Å². The predicted octanol–water partition coefficient (Wildman–Crippen LogP) is 1.36. The van der Waals surface area contributed by atoms with Gasteiger partial charge in [-0.3, -0.25) is 4.79 Å². The topological polar surface area (TPSA) is 109 Å². The van der Waals surface area contributed by atoms with E-state index < -0.39 is 10.0 Å². The Labute approximate surface area is 178 Å². The molecule has 1 atom stereocenters. The average Bonchev–Trinajstić information content (AvgIpc) is 3.30. The second-order valence-electron chi connectivity index (χ2n) is 7.52. The molecule has 1 aromatic heterocycles. The van der Waals surface area contributed by atoms with Gasteiger partial charge in [-0.2, -0.15) is 4.31 Å². The summed E-state index contributed by atoms with van der Waals surface area (Å²) in [5.74, 6) is 0.0620. The van der Waals surface area contributed by atoms with Gasteiger partial charge in [0.1, 0.15) is 6.54 Å². The highest BCUT2D eigenvalue weighted by Gasteiger charge is 2.32. The molecule has 1 amide bonds. The van der Waals surface area contributed by atoms with Gasteiger partial charge in [0.15, 0.2) is 0 Å². The van der Waals surface area contributed by atoms with Crippen molar-refractivity contribution in [1.82, 2.24) is 24.6 Å². The smallest absolute Gasteiger partial charge is 0.246 e. The molecular formula is C18H23BrN6O3S. The number of carbonyl (C=O) groups excluding carboxylic acids is 1. The van der Waals surface area contributed by atoms with Crippen molar-refractivity contribution >= 4 is 37.5 Å². The van der Waals surface area contributed by atoms with Crippen LogP contribution in [0.1, 0.15) is 24.7 Å². The number of carbonyl (C=O) groups is 1. The van der Waals surface area contributed by atoms with Gasteiger partial charge in [-0.25, -0.2) is 13.1 Å². The van der Waals surface area contributed by atoms with Crippen molar-refractivity contribution in [2.75, 3.05) is 25.0 Å².